The minimum absolute atomic E-state index is 0.580. The largest absolute Gasteiger partial charge is 0.465 e. The van der Waals surface area contributed by atoms with Gasteiger partial charge in [0, 0.05) is 0 Å². The molecule has 14 heavy (non-hydrogen) atoms. The number of carbonyl (C=O) groups excluding carboxylic acids is 1. The summed E-state index contributed by atoms with van der Waals surface area (Å²) in [5.41, 5.74) is -0.551. The van der Waals surface area contributed by atoms with Crippen LogP contribution >= 0.6 is 0 Å². The monoisotopic (exact) mass is 193 g/mol. The molecule has 4 nitrogen and oxygen atoms in total. The van der Waals surface area contributed by atoms with E-state index in [0.29, 0.717) is 11.8 Å². The van der Waals surface area contributed by atoms with Crippen LogP contribution in [0.25, 0.3) is 0 Å². The van der Waals surface area contributed by atoms with E-state index in [-0.39, 0.29) is 0 Å². The van der Waals surface area contributed by atoms with Crippen molar-refractivity contribution in [2.45, 2.75) is 12.5 Å². The molecule has 4 heteroatoms. The summed E-state index contributed by atoms with van der Waals surface area (Å²) in [6.45, 7) is 1.52. The summed E-state index contributed by atoms with van der Waals surface area (Å²) in [5, 5.41) is 10.7. The van der Waals surface area contributed by atoms with Gasteiger partial charge >= 0.3 is 6.09 Å². The Balaban J connectivity index is 3.01. The van der Waals surface area contributed by atoms with Gasteiger partial charge in [-0.05, 0) is 12.5 Å². The standard InChI is InChI=1S/C10H11NO3/c1-10(7-12,11-9(13)14)8-5-3-2-4-6-8/h2-7,11H,1H3,(H,13,14)/t10-/m0/s1. The van der Waals surface area contributed by atoms with Crippen LogP contribution < -0.4 is 5.32 Å². The van der Waals surface area contributed by atoms with Crippen molar-refractivity contribution < 1.29 is 14.7 Å². The second-order valence-corrected chi connectivity index (χ2v) is 3.12. The predicted octanol–water partition coefficient (Wildman–Crippen LogP) is 1.37. The molecule has 1 aromatic rings. The minimum atomic E-state index is -1.22. The van der Waals surface area contributed by atoms with Gasteiger partial charge in [-0.15, -0.1) is 0 Å². The van der Waals surface area contributed by atoms with E-state index in [9.17, 15) is 9.59 Å². The molecule has 0 unspecified atom stereocenters. The number of aldehydes is 1. The lowest BCUT2D eigenvalue weighted by molar-refractivity contribution is -0.112. The number of benzene rings is 1. The van der Waals surface area contributed by atoms with Crippen molar-refractivity contribution in [1.29, 1.82) is 0 Å². The second kappa shape index (κ2) is 3.91. The molecule has 0 bridgehead atoms. The normalized spacial score (nSPS) is 14.1. The predicted molar refractivity (Wildman–Crippen MR) is 51.0 cm³/mol. The lowest BCUT2D eigenvalue weighted by Crippen LogP contribution is -2.44. The Labute approximate surface area is 81.6 Å². The third-order valence-electron chi connectivity index (χ3n) is 1.98. The van der Waals surface area contributed by atoms with Gasteiger partial charge in [-0.25, -0.2) is 4.79 Å². The van der Waals surface area contributed by atoms with Gasteiger partial charge in [0.05, 0.1) is 0 Å². The Hall–Kier alpha value is -1.84. The van der Waals surface area contributed by atoms with Crippen LogP contribution in [0.4, 0.5) is 4.79 Å². The molecular formula is C10H11NO3. The Morgan fingerprint density at radius 3 is 2.43 bits per heavy atom. The van der Waals surface area contributed by atoms with Gasteiger partial charge in [0.25, 0.3) is 0 Å². The molecule has 1 aromatic carbocycles. The minimum Gasteiger partial charge on any atom is -0.465 e. The molecule has 0 heterocycles. The summed E-state index contributed by atoms with van der Waals surface area (Å²) >= 11 is 0. The zero-order valence-electron chi connectivity index (χ0n) is 7.73. The maximum Gasteiger partial charge on any atom is 0.405 e. The van der Waals surface area contributed by atoms with Gasteiger partial charge in [-0.2, -0.15) is 0 Å². The average molecular weight is 193 g/mol. The molecule has 1 rings (SSSR count). The van der Waals surface area contributed by atoms with E-state index in [2.05, 4.69) is 5.32 Å². The summed E-state index contributed by atoms with van der Waals surface area (Å²) in [6.07, 6.45) is -0.639. The maximum absolute atomic E-state index is 10.8. The van der Waals surface area contributed by atoms with Crippen LogP contribution in [0.1, 0.15) is 12.5 Å². The Bertz CT molecular complexity index is 336. The summed E-state index contributed by atoms with van der Waals surface area (Å²) in [5.74, 6) is 0. The molecule has 0 saturated heterocycles. The number of rotatable bonds is 3. The molecule has 0 aliphatic rings. The van der Waals surface area contributed by atoms with Crippen LogP contribution in [0.5, 0.6) is 0 Å². The number of amides is 1. The smallest absolute Gasteiger partial charge is 0.405 e. The van der Waals surface area contributed by atoms with Crippen LogP contribution in [0.15, 0.2) is 30.3 Å². The molecule has 2 N–H and O–H groups in total. The molecule has 0 fully saturated rings. The van der Waals surface area contributed by atoms with Gasteiger partial charge in [0.1, 0.15) is 11.8 Å². The quantitative estimate of drug-likeness (QED) is 0.712. The molecule has 0 radical (unpaired) electrons. The van der Waals surface area contributed by atoms with E-state index in [0.717, 1.165) is 0 Å². The first kappa shape index (κ1) is 10.2. The van der Waals surface area contributed by atoms with Gasteiger partial charge in [-0.3, -0.25) is 0 Å². The van der Waals surface area contributed by atoms with Crippen molar-refractivity contribution >= 4 is 12.4 Å². The Morgan fingerprint density at radius 1 is 1.43 bits per heavy atom. The molecule has 0 aliphatic heterocycles. The van der Waals surface area contributed by atoms with Crippen LogP contribution in [0.2, 0.25) is 0 Å². The van der Waals surface area contributed by atoms with E-state index in [4.69, 9.17) is 5.11 Å². The average Bonchev–Trinajstić information content (AvgIpc) is 2.18. The van der Waals surface area contributed by atoms with E-state index in [1.807, 2.05) is 0 Å². The fourth-order valence-electron chi connectivity index (χ4n) is 1.18. The maximum atomic E-state index is 10.8. The Kier molecular flexibility index (Phi) is 2.86. The molecular weight excluding hydrogens is 182 g/mol. The third-order valence-corrected chi connectivity index (χ3v) is 1.98. The number of hydrogen-bond donors (Lipinski definition) is 2. The highest BCUT2D eigenvalue weighted by molar-refractivity contribution is 5.76. The fraction of sp³-hybridized carbons (Fsp3) is 0.200. The lowest BCUT2D eigenvalue weighted by Gasteiger charge is -2.23. The zero-order valence-corrected chi connectivity index (χ0v) is 7.73. The molecule has 0 spiro atoms. The van der Waals surface area contributed by atoms with Crippen molar-refractivity contribution in [2.24, 2.45) is 0 Å². The number of nitrogens with one attached hydrogen (secondary N) is 1. The fourth-order valence-corrected chi connectivity index (χ4v) is 1.18. The zero-order chi connectivity index (χ0) is 10.6. The molecule has 1 atom stereocenters. The second-order valence-electron chi connectivity index (χ2n) is 3.12. The highest BCUT2D eigenvalue weighted by Gasteiger charge is 2.27. The van der Waals surface area contributed by atoms with Crippen molar-refractivity contribution in [1.82, 2.24) is 5.32 Å². The highest BCUT2D eigenvalue weighted by atomic mass is 16.4. The number of hydrogen-bond acceptors (Lipinski definition) is 2. The number of carbonyl (C=O) groups is 2. The molecule has 0 saturated carbocycles. The van der Waals surface area contributed by atoms with Crippen LogP contribution in [-0.2, 0) is 10.3 Å². The van der Waals surface area contributed by atoms with Crippen molar-refractivity contribution in [3.05, 3.63) is 35.9 Å². The van der Waals surface area contributed by atoms with E-state index < -0.39 is 11.6 Å². The highest BCUT2D eigenvalue weighted by Crippen LogP contribution is 2.17. The lowest BCUT2D eigenvalue weighted by atomic mass is 9.94. The Morgan fingerprint density at radius 2 is 2.00 bits per heavy atom. The summed E-state index contributed by atoms with van der Waals surface area (Å²) in [4.78, 5) is 21.3. The van der Waals surface area contributed by atoms with Crippen LogP contribution in [-0.4, -0.2) is 17.5 Å². The van der Waals surface area contributed by atoms with Gasteiger partial charge in [-0.1, -0.05) is 30.3 Å². The van der Waals surface area contributed by atoms with Gasteiger partial charge in [0.15, 0.2) is 0 Å². The molecule has 0 aliphatic carbocycles. The van der Waals surface area contributed by atoms with Gasteiger partial charge < -0.3 is 15.2 Å². The first-order valence-corrected chi connectivity index (χ1v) is 4.11. The topological polar surface area (TPSA) is 66.4 Å². The molecule has 0 aromatic heterocycles. The summed E-state index contributed by atoms with van der Waals surface area (Å²) in [7, 11) is 0. The first-order chi connectivity index (χ1) is 6.58. The first-order valence-electron chi connectivity index (χ1n) is 4.11. The summed E-state index contributed by atoms with van der Waals surface area (Å²) in [6, 6.07) is 8.70. The van der Waals surface area contributed by atoms with Crippen LogP contribution in [0, 0.1) is 0 Å². The molecule has 74 valence electrons. The van der Waals surface area contributed by atoms with Crippen molar-refractivity contribution in [3.63, 3.8) is 0 Å². The number of carboxylic acid groups (broad SMARTS) is 1. The van der Waals surface area contributed by atoms with E-state index in [1.54, 1.807) is 30.3 Å². The van der Waals surface area contributed by atoms with E-state index in [1.165, 1.54) is 6.92 Å². The third kappa shape index (κ3) is 2.10. The summed E-state index contributed by atoms with van der Waals surface area (Å²) < 4.78 is 0. The van der Waals surface area contributed by atoms with Gasteiger partial charge in [0.2, 0.25) is 0 Å². The van der Waals surface area contributed by atoms with Crippen molar-refractivity contribution in [2.75, 3.05) is 0 Å². The molecule has 1 amide bonds. The van der Waals surface area contributed by atoms with E-state index >= 15 is 0 Å². The van der Waals surface area contributed by atoms with Crippen molar-refractivity contribution in [3.8, 4) is 0 Å². The SMILES string of the molecule is C[C@@](C=O)(NC(=O)O)c1ccccc1. The van der Waals surface area contributed by atoms with Crippen LogP contribution in [0.3, 0.4) is 0 Å².